The van der Waals surface area contributed by atoms with E-state index in [0.717, 1.165) is 18.6 Å². The number of likely N-dealkylation sites (tertiary alicyclic amines) is 1. The van der Waals surface area contributed by atoms with Crippen LogP contribution in [0.15, 0.2) is 24.3 Å². The van der Waals surface area contributed by atoms with E-state index in [1.807, 2.05) is 19.1 Å². The molecule has 2 atom stereocenters. The molecule has 0 aliphatic carbocycles. The van der Waals surface area contributed by atoms with E-state index in [1.54, 1.807) is 17.0 Å². The third-order valence-electron chi connectivity index (χ3n) is 4.27. The number of carbonyl (C=O) groups excluding carboxylic acids is 1. The number of amides is 1. The molecule has 0 aromatic heterocycles. The fourth-order valence-electron chi connectivity index (χ4n) is 2.52. The Hall–Kier alpha value is -1.55. The zero-order chi connectivity index (χ0) is 16.1. The van der Waals surface area contributed by atoms with Crippen molar-refractivity contribution in [3.05, 3.63) is 29.8 Å². The molecule has 0 bridgehead atoms. The predicted octanol–water partition coefficient (Wildman–Crippen LogP) is 2.95. The molecule has 2 unspecified atom stereocenters. The summed E-state index contributed by atoms with van der Waals surface area (Å²) in [7, 11) is 0. The Morgan fingerprint density at radius 2 is 2.05 bits per heavy atom. The number of ether oxygens (including phenoxy) is 1. The van der Waals surface area contributed by atoms with E-state index in [1.165, 1.54) is 0 Å². The fraction of sp³-hybridized carbons (Fsp3) is 0.611. The molecule has 0 saturated carbocycles. The van der Waals surface area contributed by atoms with Crippen molar-refractivity contribution < 1.29 is 14.6 Å². The Balaban J connectivity index is 1.91. The molecule has 1 heterocycles. The third kappa shape index (κ3) is 4.47. The molecule has 1 aromatic rings. The van der Waals surface area contributed by atoms with E-state index < -0.39 is 6.10 Å². The second kappa shape index (κ2) is 7.63. The van der Waals surface area contributed by atoms with Crippen molar-refractivity contribution in [3.8, 4) is 5.75 Å². The molecule has 0 spiro atoms. The van der Waals surface area contributed by atoms with Crippen molar-refractivity contribution in [2.45, 2.75) is 39.7 Å². The van der Waals surface area contributed by atoms with E-state index in [-0.39, 0.29) is 11.8 Å². The summed E-state index contributed by atoms with van der Waals surface area (Å²) in [6, 6.07) is 7.29. The van der Waals surface area contributed by atoms with Gasteiger partial charge in [0.25, 0.3) is 5.91 Å². The number of aliphatic hydroxyl groups is 1. The summed E-state index contributed by atoms with van der Waals surface area (Å²) in [6.45, 7) is 8.19. The summed E-state index contributed by atoms with van der Waals surface area (Å²) < 4.78 is 5.66. The Labute approximate surface area is 133 Å². The molecule has 4 nitrogen and oxygen atoms in total. The highest BCUT2D eigenvalue weighted by molar-refractivity contribution is 5.94. The molecule has 22 heavy (non-hydrogen) atoms. The van der Waals surface area contributed by atoms with E-state index in [0.29, 0.717) is 31.2 Å². The van der Waals surface area contributed by atoms with Gasteiger partial charge in [0.1, 0.15) is 5.75 Å². The maximum atomic E-state index is 12.4. The van der Waals surface area contributed by atoms with Crippen LogP contribution in [-0.4, -0.2) is 41.7 Å². The minimum absolute atomic E-state index is 0.0142. The maximum absolute atomic E-state index is 12.4. The first-order valence-corrected chi connectivity index (χ1v) is 8.17. The smallest absolute Gasteiger partial charge is 0.253 e. The molecule has 1 aliphatic rings. The fourth-order valence-corrected chi connectivity index (χ4v) is 2.52. The Kier molecular flexibility index (Phi) is 5.83. The van der Waals surface area contributed by atoms with E-state index >= 15 is 0 Å². The minimum atomic E-state index is -0.420. The van der Waals surface area contributed by atoms with Crippen LogP contribution in [0.5, 0.6) is 5.75 Å². The standard InChI is InChI=1S/C18H27NO3/c1-13(2)9-11-22-16-6-4-15(5-7-16)18(21)19-10-8-14(3)17(20)12-19/h4-7,13-14,17,20H,8-12H2,1-3H3. The zero-order valence-corrected chi connectivity index (χ0v) is 13.8. The SMILES string of the molecule is CC(C)CCOc1ccc(C(=O)N2CCC(C)C(O)C2)cc1. The third-order valence-corrected chi connectivity index (χ3v) is 4.27. The van der Waals surface area contributed by atoms with Gasteiger partial charge in [-0.2, -0.15) is 0 Å². The minimum Gasteiger partial charge on any atom is -0.494 e. The van der Waals surface area contributed by atoms with Crippen molar-refractivity contribution in [2.24, 2.45) is 11.8 Å². The summed E-state index contributed by atoms with van der Waals surface area (Å²) in [5.41, 5.74) is 0.651. The zero-order valence-electron chi connectivity index (χ0n) is 13.8. The van der Waals surface area contributed by atoms with E-state index in [2.05, 4.69) is 13.8 Å². The molecule has 1 amide bonds. The van der Waals surface area contributed by atoms with Crippen molar-refractivity contribution in [1.29, 1.82) is 0 Å². The maximum Gasteiger partial charge on any atom is 0.253 e. The van der Waals surface area contributed by atoms with Gasteiger partial charge in [-0.3, -0.25) is 4.79 Å². The molecule has 1 saturated heterocycles. The number of nitrogens with zero attached hydrogens (tertiary/aromatic N) is 1. The van der Waals surface area contributed by atoms with E-state index in [4.69, 9.17) is 4.74 Å². The number of hydrogen-bond acceptors (Lipinski definition) is 3. The Morgan fingerprint density at radius 1 is 1.36 bits per heavy atom. The molecule has 2 rings (SSSR count). The van der Waals surface area contributed by atoms with Crippen LogP contribution in [0.3, 0.4) is 0 Å². The highest BCUT2D eigenvalue weighted by Crippen LogP contribution is 2.20. The summed E-state index contributed by atoms with van der Waals surface area (Å²) in [5, 5.41) is 9.92. The van der Waals surface area contributed by atoms with E-state index in [9.17, 15) is 9.90 Å². The number of aliphatic hydroxyl groups excluding tert-OH is 1. The largest absolute Gasteiger partial charge is 0.494 e. The summed E-state index contributed by atoms with van der Waals surface area (Å²) in [6.07, 6.45) is 1.45. The molecule has 1 aliphatic heterocycles. The molecule has 1 aromatic carbocycles. The highest BCUT2D eigenvalue weighted by atomic mass is 16.5. The lowest BCUT2D eigenvalue weighted by molar-refractivity contribution is 0.0248. The second-order valence-electron chi connectivity index (χ2n) is 6.64. The topological polar surface area (TPSA) is 49.8 Å². The predicted molar refractivity (Wildman–Crippen MR) is 87.1 cm³/mol. The van der Waals surface area contributed by atoms with Crippen LogP contribution in [0.1, 0.15) is 44.0 Å². The number of hydrogen-bond donors (Lipinski definition) is 1. The average Bonchev–Trinajstić information content (AvgIpc) is 2.50. The molecule has 1 N–H and O–H groups in total. The lowest BCUT2D eigenvalue weighted by Gasteiger charge is -2.34. The van der Waals surface area contributed by atoms with Crippen LogP contribution < -0.4 is 4.74 Å². The van der Waals surface area contributed by atoms with Gasteiger partial charge >= 0.3 is 0 Å². The molecule has 122 valence electrons. The molecule has 1 fully saturated rings. The van der Waals surface area contributed by atoms with Gasteiger partial charge in [-0.1, -0.05) is 20.8 Å². The quantitative estimate of drug-likeness (QED) is 0.910. The van der Waals surface area contributed by atoms with Gasteiger partial charge < -0.3 is 14.7 Å². The van der Waals surface area contributed by atoms with Gasteiger partial charge in [0.2, 0.25) is 0 Å². The first kappa shape index (κ1) is 16.8. The summed E-state index contributed by atoms with van der Waals surface area (Å²) >= 11 is 0. The lowest BCUT2D eigenvalue weighted by atomic mass is 9.95. The Bertz CT molecular complexity index is 484. The number of β-amino-alcohol motifs (C(OH)–C–C–N with tert-alkyl or cyclic N) is 1. The average molecular weight is 305 g/mol. The highest BCUT2D eigenvalue weighted by Gasteiger charge is 2.27. The van der Waals surface area contributed by atoms with Gasteiger partial charge in [0.05, 0.1) is 12.7 Å². The number of rotatable bonds is 5. The number of benzene rings is 1. The van der Waals surface area contributed by atoms with Gasteiger partial charge in [-0.05, 0) is 48.9 Å². The molecule has 0 radical (unpaired) electrons. The van der Waals surface area contributed by atoms with Crippen molar-refractivity contribution >= 4 is 5.91 Å². The van der Waals surface area contributed by atoms with Crippen LogP contribution in [0, 0.1) is 11.8 Å². The van der Waals surface area contributed by atoms with Gasteiger partial charge in [-0.15, -0.1) is 0 Å². The normalized spacial score (nSPS) is 22.0. The first-order valence-electron chi connectivity index (χ1n) is 8.17. The van der Waals surface area contributed by atoms with Crippen molar-refractivity contribution in [1.82, 2.24) is 4.90 Å². The van der Waals surface area contributed by atoms with Crippen LogP contribution >= 0.6 is 0 Å². The van der Waals surface area contributed by atoms with Gasteiger partial charge in [0, 0.05) is 18.7 Å². The summed E-state index contributed by atoms with van der Waals surface area (Å²) in [5.74, 6) is 1.67. The van der Waals surface area contributed by atoms with Crippen molar-refractivity contribution in [2.75, 3.05) is 19.7 Å². The second-order valence-corrected chi connectivity index (χ2v) is 6.64. The number of carbonyl (C=O) groups is 1. The molecule has 4 heteroatoms. The number of piperidine rings is 1. The first-order chi connectivity index (χ1) is 10.5. The van der Waals surface area contributed by atoms with Crippen LogP contribution in [0.4, 0.5) is 0 Å². The monoisotopic (exact) mass is 305 g/mol. The lowest BCUT2D eigenvalue weighted by Crippen LogP contribution is -2.45. The van der Waals surface area contributed by atoms with Gasteiger partial charge in [0.15, 0.2) is 0 Å². The van der Waals surface area contributed by atoms with Crippen molar-refractivity contribution in [3.63, 3.8) is 0 Å². The van der Waals surface area contributed by atoms with Gasteiger partial charge in [-0.25, -0.2) is 0 Å². The molecular formula is C18H27NO3. The van der Waals surface area contributed by atoms with Crippen LogP contribution in [-0.2, 0) is 0 Å². The Morgan fingerprint density at radius 3 is 2.64 bits per heavy atom. The van der Waals surface area contributed by atoms with Crippen LogP contribution in [0.2, 0.25) is 0 Å². The molecular weight excluding hydrogens is 278 g/mol. The summed E-state index contributed by atoms with van der Waals surface area (Å²) in [4.78, 5) is 14.2. The van der Waals surface area contributed by atoms with Crippen LogP contribution in [0.25, 0.3) is 0 Å².